The van der Waals surface area contributed by atoms with Gasteiger partial charge in [0.15, 0.2) is 0 Å². The number of nitrogens with zero attached hydrogens (tertiary/aromatic N) is 1. The number of hydrogen-bond donors (Lipinski definition) is 0. The van der Waals surface area contributed by atoms with Crippen LogP contribution in [-0.2, 0) is 10.8 Å². The van der Waals surface area contributed by atoms with Gasteiger partial charge >= 0.3 is 0 Å². The fourth-order valence-electron chi connectivity index (χ4n) is 18.0. The number of hydrogen-bond acceptors (Lipinski definition) is 0. The summed E-state index contributed by atoms with van der Waals surface area (Å²) >= 11 is 0. The summed E-state index contributed by atoms with van der Waals surface area (Å²) in [4.78, 5) is 0. The first kappa shape index (κ1) is 49.4. The summed E-state index contributed by atoms with van der Waals surface area (Å²) in [5.74, 6) is 0. The molecule has 0 fully saturated rings. The molecule has 0 atom stereocenters. The molecule has 0 aliphatic heterocycles. The Kier molecular flexibility index (Phi) is 9.77. The Morgan fingerprint density at radius 2 is 0.516 bits per heavy atom. The first-order valence-corrected chi connectivity index (χ1v) is 32.0. The van der Waals surface area contributed by atoms with E-state index in [0.717, 1.165) is 5.69 Å². The average Bonchev–Trinajstić information content (AvgIpc) is 1.45. The van der Waals surface area contributed by atoms with Crippen molar-refractivity contribution < 1.29 is 0 Å². The van der Waals surface area contributed by atoms with E-state index >= 15 is 0 Å². The van der Waals surface area contributed by atoms with E-state index in [-0.39, 0.29) is 0 Å². The van der Waals surface area contributed by atoms with Gasteiger partial charge in [0.05, 0.1) is 21.9 Å². The van der Waals surface area contributed by atoms with Crippen LogP contribution in [0.1, 0.15) is 44.5 Å². The highest BCUT2D eigenvalue weighted by Crippen LogP contribution is 2.65. The lowest BCUT2D eigenvalue weighted by Gasteiger charge is -2.30. The van der Waals surface area contributed by atoms with E-state index in [9.17, 15) is 0 Å². The maximum atomic E-state index is 2.53. The quantitative estimate of drug-likeness (QED) is 0.122. The number of benzene rings is 16. The van der Waals surface area contributed by atoms with E-state index in [4.69, 9.17) is 0 Å². The van der Waals surface area contributed by atoms with Crippen molar-refractivity contribution in [2.24, 2.45) is 0 Å². The maximum Gasteiger partial charge on any atom is 0.0725 e. The Morgan fingerprint density at radius 3 is 0.956 bits per heavy atom. The smallest absolute Gasteiger partial charge is 0.0725 e. The van der Waals surface area contributed by atoms with E-state index in [0.29, 0.717) is 0 Å². The minimum atomic E-state index is -0.437. The summed E-state index contributed by atoms with van der Waals surface area (Å²) < 4.78 is 2.51. The molecule has 0 amide bonds. The molecule has 0 bridgehead atoms. The van der Waals surface area contributed by atoms with Crippen molar-refractivity contribution in [3.63, 3.8) is 0 Å². The number of aromatic nitrogens is 1. The van der Waals surface area contributed by atoms with Gasteiger partial charge in [-0.3, -0.25) is 0 Å². The maximum absolute atomic E-state index is 2.53. The van der Waals surface area contributed by atoms with Gasteiger partial charge in [0, 0.05) is 16.5 Å². The highest BCUT2D eigenvalue weighted by atomic mass is 15.0. The van der Waals surface area contributed by atoms with Crippen LogP contribution in [0.3, 0.4) is 0 Å². The third-order valence-corrected chi connectivity index (χ3v) is 21.6. The fourth-order valence-corrected chi connectivity index (χ4v) is 18.0. The zero-order valence-corrected chi connectivity index (χ0v) is 49.5. The third-order valence-electron chi connectivity index (χ3n) is 21.6. The second-order valence-corrected chi connectivity index (χ2v) is 25.6. The van der Waals surface area contributed by atoms with Crippen LogP contribution >= 0.6 is 0 Å². The zero-order chi connectivity index (χ0) is 59.3. The highest BCUT2D eigenvalue weighted by molar-refractivity contribution is 6.32. The van der Waals surface area contributed by atoms with Gasteiger partial charge < -0.3 is 4.57 Å². The molecule has 0 unspecified atom stereocenters. The second kappa shape index (κ2) is 18.0. The van der Waals surface area contributed by atoms with Gasteiger partial charge in [-0.05, 0) is 220 Å². The molecular weight excluding hydrogens is 1090 g/mol. The molecule has 2 spiro atoms. The molecule has 16 aromatic carbocycles. The minimum absolute atomic E-state index is 0.437. The third kappa shape index (κ3) is 6.30. The zero-order valence-electron chi connectivity index (χ0n) is 49.5. The summed E-state index contributed by atoms with van der Waals surface area (Å²) in [6.45, 7) is 0. The summed E-state index contributed by atoms with van der Waals surface area (Å²) in [5.41, 5.74) is 31.2. The summed E-state index contributed by atoms with van der Waals surface area (Å²) in [6.07, 6.45) is 0. The molecule has 1 heterocycles. The van der Waals surface area contributed by atoms with Gasteiger partial charge in [0.2, 0.25) is 0 Å². The second-order valence-electron chi connectivity index (χ2n) is 25.6. The lowest BCUT2D eigenvalue weighted by atomic mass is 9.70. The van der Waals surface area contributed by atoms with Gasteiger partial charge in [-0.2, -0.15) is 0 Å². The van der Waals surface area contributed by atoms with E-state index in [1.54, 1.807) is 0 Å². The normalized spacial score (nSPS) is 13.9. The Balaban J connectivity index is 0.779. The number of fused-ring (bicyclic) bond motifs is 30. The molecule has 0 saturated carbocycles. The largest absolute Gasteiger partial charge is 0.309 e. The van der Waals surface area contributed by atoms with Crippen LogP contribution in [0.15, 0.2) is 322 Å². The van der Waals surface area contributed by atoms with Gasteiger partial charge in [-0.15, -0.1) is 0 Å². The van der Waals surface area contributed by atoms with E-state index < -0.39 is 10.8 Å². The van der Waals surface area contributed by atoms with Gasteiger partial charge in [-0.25, -0.2) is 0 Å². The molecule has 17 aromatic rings. The molecule has 1 heteroatoms. The van der Waals surface area contributed by atoms with Crippen molar-refractivity contribution in [2.75, 3.05) is 0 Å². The molecule has 4 aliphatic carbocycles. The molecule has 1 nitrogen and oxygen atoms in total. The van der Waals surface area contributed by atoms with Crippen LogP contribution in [0.5, 0.6) is 0 Å². The Hall–Kier alpha value is -11.6. The molecule has 0 radical (unpaired) electrons. The first-order valence-electron chi connectivity index (χ1n) is 32.0. The lowest BCUT2D eigenvalue weighted by molar-refractivity contribution is 0.794. The lowest BCUT2D eigenvalue weighted by Crippen LogP contribution is -2.25. The molecule has 4 aliphatic rings. The van der Waals surface area contributed by atoms with Crippen LogP contribution in [0.4, 0.5) is 0 Å². The molecular formula is C90H53N. The highest BCUT2D eigenvalue weighted by Gasteiger charge is 2.53. The van der Waals surface area contributed by atoms with Gasteiger partial charge in [0.1, 0.15) is 0 Å². The summed E-state index contributed by atoms with van der Waals surface area (Å²) in [5, 5.41) is 12.6. The molecule has 0 N–H and O–H groups in total. The molecule has 418 valence electrons. The standard InChI is InChI=1S/C90H53N/c1-2-20-61-59(19-1)51-76-64-23-4-3-21-62(64)63-22-5-6-30-73(63)88(76)87(61)54-37-43-60(44-38-54)91-85-47-41-55(57-39-45-71-69-28-11-17-35-81(69)89(83(71)52-57)77-31-13-7-24-65(77)66-25-8-14-32-78(66)89)49-74(85)75-50-56(42-48-86(75)91)58-40-46-72-70-29-12-18-36-82(70)90(84(72)53-58)79-33-15-9-26-67(79)68-27-10-16-34-80(68)90/h1-53H. The Morgan fingerprint density at radius 1 is 0.198 bits per heavy atom. The molecule has 91 heavy (non-hydrogen) atoms. The van der Waals surface area contributed by atoms with Crippen LogP contribution in [0.25, 0.3) is 148 Å². The summed E-state index contributed by atoms with van der Waals surface area (Å²) in [6, 6.07) is 123. The van der Waals surface area contributed by atoms with Gasteiger partial charge in [-0.1, -0.05) is 267 Å². The van der Waals surface area contributed by atoms with Crippen molar-refractivity contribution in [3.05, 3.63) is 366 Å². The van der Waals surface area contributed by atoms with Crippen LogP contribution < -0.4 is 0 Å². The van der Waals surface area contributed by atoms with Crippen LogP contribution in [0.2, 0.25) is 0 Å². The Labute approximate surface area is 526 Å². The average molecular weight is 1150 g/mol. The van der Waals surface area contributed by atoms with Crippen molar-refractivity contribution >= 4 is 64.9 Å². The van der Waals surface area contributed by atoms with Crippen molar-refractivity contribution in [2.45, 2.75) is 10.8 Å². The minimum Gasteiger partial charge on any atom is -0.309 e. The topological polar surface area (TPSA) is 4.93 Å². The monoisotopic (exact) mass is 1150 g/mol. The molecule has 21 rings (SSSR count). The van der Waals surface area contributed by atoms with Gasteiger partial charge in [0.25, 0.3) is 0 Å². The fraction of sp³-hybridized carbons (Fsp3) is 0.0222. The number of rotatable bonds is 4. The summed E-state index contributed by atoms with van der Waals surface area (Å²) in [7, 11) is 0. The van der Waals surface area contributed by atoms with Crippen molar-refractivity contribution in [3.8, 4) is 83.6 Å². The van der Waals surface area contributed by atoms with E-state index in [1.807, 2.05) is 0 Å². The molecule has 0 saturated heterocycles. The predicted molar refractivity (Wildman–Crippen MR) is 380 cm³/mol. The van der Waals surface area contributed by atoms with Crippen LogP contribution in [-0.4, -0.2) is 4.57 Å². The first-order chi connectivity index (χ1) is 45.1. The van der Waals surface area contributed by atoms with E-state index in [1.165, 1.54) is 187 Å². The van der Waals surface area contributed by atoms with E-state index in [2.05, 4.69) is 326 Å². The molecule has 1 aromatic heterocycles. The van der Waals surface area contributed by atoms with Crippen LogP contribution in [0, 0.1) is 0 Å². The van der Waals surface area contributed by atoms with Crippen molar-refractivity contribution in [1.29, 1.82) is 0 Å². The Bertz CT molecular complexity index is 5710. The van der Waals surface area contributed by atoms with Crippen molar-refractivity contribution in [1.82, 2.24) is 4.57 Å². The SMILES string of the molecule is c1ccc2c(c1)-c1ccccc1C21c2ccccc2-c2ccc(-c3ccc4c(c3)c3cc(-c5ccc6c(c5)C5(c7ccccc7-c7ccccc75)c5ccccc5-6)ccc3n4-c3ccc(-c4c5ccccc5cc5c6ccccc6c6ccccc6c45)cc3)cc21. The predicted octanol–water partition coefficient (Wildman–Crippen LogP) is 23.1.